The first-order valence-electron chi connectivity index (χ1n) is 15.2. The molecule has 3 fully saturated rings. The Labute approximate surface area is 259 Å². The number of benzene rings is 1. The number of ether oxygens (including phenoxy) is 2. The van der Waals surface area contributed by atoms with Crippen LogP contribution in [0.5, 0.6) is 11.9 Å². The molecule has 6 heterocycles. The molecule has 9 nitrogen and oxygen atoms in total. The van der Waals surface area contributed by atoms with Crippen LogP contribution in [0, 0.1) is 18.6 Å². The van der Waals surface area contributed by atoms with Gasteiger partial charge in [0, 0.05) is 38.2 Å². The molecule has 46 heavy (non-hydrogen) atoms. The number of nitrogens with two attached hydrogens (primary N) is 1. The molecule has 0 bridgehead atoms. The molecule has 3 saturated heterocycles. The molecule has 248 valence electrons. The molecule has 16 heteroatoms. The molecule has 0 amide bonds. The van der Waals surface area contributed by atoms with E-state index < -0.39 is 75.4 Å². The van der Waals surface area contributed by atoms with Crippen molar-refractivity contribution in [1.29, 1.82) is 0 Å². The number of rotatable bonds is 5. The highest BCUT2D eigenvalue weighted by atomic mass is 19.4. The predicted octanol–water partition coefficient (Wildman–Crippen LogP) is 4.73. The Kier molecular flexibility index (Phi) is 7.38. The van der Waals surface area contributed by atoms with E-state index in [4.69, 9.17) is 15.2 Å². The van der Waals surface area contributed by atoms with Gasteiger partial charge in [-0.3, -0.25) is 4.90 Å². The molecule has 0 unspecified atom stereocenters. The van der Waals surface area contributed by atoms with Gasteiger partial charge in [-0.25, -0.2) is 22.5 Å². The summed E-state index contributed by atoms with van der Waals surface area (Å²) in [5, 5.41) is 3.30. The first-order chi connectivity index (χ1) is 21.8. The van der Waals surface area contributed by atoms with Gasteiger partial charge in [0.05, 0.1) is 29.4 Å². The van der Waals surface area contributed by atoms with E-state index in [1.807, 2.05) is 4.90 Å². The van der Waals surface area contributed by atoms with Crippen molar-refractivity contribution in [2.24, 2.45) is 0 Å². The fourth-order valence-corrected chi connectivity index (χ4v) is 7.60. The quantitative estimate of drug-likeness (QED) is 0.299. The van der Waals surface area contributed by atoms with Crippen LogP contribution in [-0.4, -0.2) is 89.2 Å². The summed E-state index contributed by atoms with van der Waals surface area (Å²) in [6, 6.07) is 0.0725. The molecule has 4 aliphatic heterocycles. The maximum atomic E-state index is 16.6. The van der Waals surface area contributed by atoms with E-state index in [1.54, 1.807) is 11.8 Å². The normalized spacial score (nSPS) is 27.8. The first-order valence-corrected chi connectivity index (χ1v) is 15.2. The van der Waals surface area contributed by atoms with E-state index in [9.17, 15) is 22.0 Å². The summed E-state index contributed by atoms with van der Waals surface area (Å²) in [4.78, 5) is 16.7. The second-order valence-corrected chi connectivity index (χ2v) is 12.4. The molecular weight excluding hydrogens is 623 g/mol. The van der Waals surface area contributed by atoms with Crippen LogP contribution in [0.1, 0.15) is 37.3 Å². The van der Waals surface area contributed by atoms with Crippen molar-refractivity contribution in [2.45, 2.75) is 69.3 Å². The first kappa shape index (κ1) is 31.0. The van der Waals surface area contributed by atoms with Crippen LogP contribution in [0.25, 0.3) is 22.2 Å². The van der Waals surface area contributed by atoms with E-state index >= 15 is 8.78 Å². The summed E-state index contributed by atoms with van der Waals surface area (Å²) < 4.78 is 116. The average Bonchev–Trinajstić information content (AvgIpc) is 3.47. The molecule has 0 radical (unpaired) electrons. The van der Waals surface area contributed by atoms with E-state index in [1.165, 1.54) is 0 Å². The molecule has 0 saturated carbocycles. The molecule has 3 aromatic rings. The Balaban J connectivity index is 1.37. The maximum absolute atomic E-state index is 16.6. The van der Waals surface area contributed by atoms with Gasteiger partial charge >= 0.3 is 12.2 Å². The van der Waals surface area contributed by atoms with Crippen LogP contribution >= 0.6 is 0 Å². The third kappa shape index (κ3) is 4.69. The number of nitrogens with one attached hydrogen (secondary N) is 1. The third-order valence-corrected chi connectivity index (χ3v) is 9.83. The number of nitrogen functional groups attached to an aromatic ring is 1. The summed E-state index contributed by atoms with van der Waals surface area (Å²) in [7, 11) is 0. The maximum Gasteiger partial charge on any atom is 0.417 e. The molecule has 3 N–H and O–H groups in total. The van der Waals surface area contributed by atoms with Gasteiger partial charge in [-0.05, 0) is 44.9 Å². The number of fused-ring (bicyclic) bond motifs is 3. The van der Waals surface area contributed by atoms with Crippen LogP contribution in [0.2, 0.25) is 0 Å². The lowest BCUT2D eigenvalue weighted by atomic mass is 9.88. The van der Waals surface area contributed by atoms with Crippen molar-refractivity contribution >= 4 is 22.4 Å². The lowest BCUT2D eigenvalue weighted by molar-refractivity contribution is -0.137. The van der Waals surface area contributed by atoms with Crippen molar-refractivity contribution in [3.8, 4) is 23.1 Å². The number of hydrogen-bond acceptors (Lipinski definition) is 9. The lowest BCUT2D eigenvalue weighted by Crippen LogP contribution is -2.56. The van der Waals surface area contributed by atoms with Crippen molar-refractivity contribution < 1.29 is 40.2 Å². The Morgan fingerprint density at radius 2 is 1.93 bits per heavy atom. The minimum Gasteiger partial charge on any atom is -0.472 e. The fraction of sp³-hybridized carbons (Fsp3) is 0.567. The second kappa shape index (κ2) is 11.0. The highest BCUT2D eigenvalue weighted by Gasteiger charge is 2.56. The lowest BCUT2D eigenvalue weighted by Gasteiger charge is -2.38. The van der Waals surface area contributed by atoms with Gasteiger partial charge < -0.3 is 25.4 Å². The molecule has 2 aromatic heterocycles. The third-order valence-electron chi connectivity index (χ3n) is 9.83. The molecular formula is C30H32F7N7O2. The van der Waals surface area contributed by atoms with Crippen LogP contribution in [0.3, 0.4) is 0 Å². The number of pyridine rings is 1. The number of nitrogens with zero attached hydrogens (tertiary/aromatic N) is 5. The largest absolute Gasteiger partial charge is 0.472 e. The van der Waals surface area contributed by atoms with E-state index in [0.717, 1.165) is 6.92 Å². The second-order valence-electron chi connectivity index (χ2n) is 12.4. The molecule has 7 rings (SSSR count). The highest BCUT2D eigenvalue weighted by Crippen LogP contribution is 2.47. The number of anilines is 2. The van der Waals surface area contributed by atoms with Gasteiger partial charge in [-0.2, -0.15) is 23.1 Å². The molecule has 5 atom stereocenters. The zero-order valence-electron chi connectivity index (χ0n) is 25.0. The Morgan fingerprint density at radius 3 is 2.70 bits per heavy atom. The van der Waals surface area contributed by atoms with Crippen molar-refractivity contribution in [1.82, 2.24) is 25.2 Å². The van der Waals surface area contributed by atoms with Crippen molar-refractivity contribution in [3.05, 3.63) is 28.8 Å². The Morgan fingerprint density at radius 1 is 1.15 bits per heavy atom. The predicted molar refractivity (Wildman–Crippen MR) is 154 cm³/mol. The van der Waals surface area contributed by atoms with Crippen LogP contribution < -0.4 is 25.4 Å². The topological polar surface area (TPSA) is 102 Å². The van der Waals surface area contributed by atoms with Gasteiger partial charge in [0.2, 0.25) is 5.88 Å². The van der Waals surface area contributed by atoms with Gasteiger partial charge in [0.1, 0.15) is 40.5 Å². The monoisotopic (exact) mass is 655 g/mol. The number of piperazine rings is 1. The summed E-state index contributed by atoms with van der Waals surface area (Å²) in [5.74, 6) is -2.51. The van der Waals surface area contributed by atoms with E-state index in [0.29, 0.717) is 45.1 Å². The average molecular weight is 656 g/mol. The minimum absolute atomic E-state index is 0.00257. The van der Waals surface area contributed by atoms with Crippen molar-refractivity contribution in [2.75, 3.05) is 50.0 Å². The smallest absolute Gasteiger partial charge is 0.417 e. The summed E-state index contributed by atoms with van der Waals surface area (Å²) >= 11 is 0. The summed E-state index contributed by atoms with van der Waals surface area (Å²) in [5.41, 5.74) is -0.168. The summed E-state index contributed by atoms with van der Waals surface area (Å²) in [6.07, 6.45) is -7.67. The van der Waals surface area contributed by atoms with Gasteiger partial charge in [0.25, 0.3) is 0 Å². The molecule has 0 spiro atoms. The SMILES string of the molecule is Cc1c(F)c(N)cc(-c2nc3c4c(nc(OCC[C@@]56CCCN5C[C@@H](F)[C@H]6F)nc4c2F)N2CCNC[C@H]2[C@H](C)O3)c1C(F)(F)F. The molecule has 4 aliphatic rings. The van der Waals surface area contributed by atoms with Crippen LogP contribution in [0.15, 0.2) is 6.07 Å². The zero-order valence-corrected chi connectivity index (χ0v) is 25.0. The number of alkyl halides is 5. The Bertz CT molecular complexity index is 1710. The van der Waals surface area contributed by atoms with Gasteiger partial charge in [0.15, 0.2) is 12.0 Å². The van der Waals surface area contributed by atoms with Gasteiger partial charge in [-0.1, -0.05) is 0 Å². The molecule has 1 aromatic carbocycles. The summed E-state index contributed by atoms with van der Waals surface area (Å²) in [6.45, 7) is 4.54. The van der Waals surface area contributed by atoms with E-state index in [-0.39, 0.29) is 48.7 Å². The number of halogens is 7. The Hall–Kier alpha value is -3.66. The molecule has 0 aliphatic carbocycles. The zero-order chi connectivity index (χ0) is 32.7. The van der Waals surface area contributed by atoms with Gasteiger partial charge in [-0.15, -0.1) is 0 Å². The number of aromatic nitrogens is 3. The van der Waals surface area contributed by atoms with Crippen molar-refractivity contribution in [3.63, 3.8) is 0 Å². The standard InChI is InChI=1S/C30H32F7N7O2/c1-13-20(30(35,36)37)15(10-17(38)21(13)32)23-22(33)24-19-26(44-8-6-39-11-18(44)14(2)46-27(19)40-23)42-28(41-24)45-9-5-29-4-3-7-43(29)12-16(31)25(29)34/h10,14,16,18,25,39H,3-9,11-12,38H2,1-2H3/t14-,16+,18-,25+,29+/m0/s1. The fourth-order valence-electron chi connectivity index (χ4n) is 7.60. The van der Waals surface area contributed by atoms with Crippen LogP contribution in [0.4, 0.5) is 42.2 Å². The number of hydrogen-bond donors (Lipinski definition) is 2. The van der Waals surface area contributed by atoms with Crippen LogP contribution in [-0.2, 0) is 6.18 Å². The minimum atomic E-state index is -5.09. The van der Waals surface area contributed by atoms with E-state index in [2.05, 4.69) is 20.3 Å². The highest BCUT2D eigenvalue weighted by molar-refractivity contribution is 5.97.